The summed E-state index contributed by atoms with van der Waals surface area (Å²) in [7, 11) is -1.85. The van der Waals surface area contributed by atoms with Gasteiger partial charge in [-0.1, -0.05) is 84.9 Å². The van der Waals surface area contributed by atoms with Crippen LogP contribution in [0.2, 0.25) is 0 Å². The second kappa shape index (κ2) is 12.6. The molecule has 0 fully saturated rings. The highest BCUT2D eigenvalue weighted by Crippen LogP contribution is 2.56. The van der Waals surface area contributed by atoms with E-state index < -0.39 is 7.26 Å². The fourth-order valence-corrected chi connectivity index (χ4v) is 9.31. The van der Waals surface area contributed by atoms with Crippen molar-refractivity contribution in [1.82, 2.24) is 0 Å². The molecular weight excluding hydrogens is 483 g/mol. The van der Waals surface area contributed by atoms with Crippen LogP contribution in [0.5, 0.6) is 11.5 Å². The van der Waals surface area contributed by atoms with Crippen LogP contribution in [0.15, 0.2) is 140 Å². The molecule has 5 aromatic carbocycles. The molecule has 0 spiro atoms. The Balaban J connectivity index is 1.38. The van der Waals surface area contributed by atoms with Crippen LogP contribution in [0.4, 0.5) is 0 Å². The maximum absolute atomic E-state index is 6.02. The van der Waals surface area contributed by atoms with Gasteiger partial charge in [0, 0.05) is 12.0 Å². The van der Waals surface area contributed by atoms with E-state index in [1.54, 1.807) is 0 Å². The van der Waals surface area contributed by atoms with Crippen LogP contribution in [0.3, 0.4) is 0 Å². The average Bonchev–Trinajstić information content (AvgIpc) is 3.00. The van der Waals surface area contributed by atoms with Crippen molar-refractivity contribution in [3.05, 3.63) is 140 Å². The van der Waals surface area contributed by atoms with Gasteiger partial charge in [0.05, 0.1) is 19.4 Å². The summed E-state index contributed by atoms with van der Waals surface area (Å²) in [6.45, 7) is 3.59. The van der Waals surface area contributed by atoms with Crippen molar-refractivity contribution in [1.29, 1.82) is 0 Å². The largest absolute Gasteiger partial charge is 0.493 e. The van der Waals surface area contributed by atoms with Crippen molar-refractivity contribution < 1.29 is 9.47 Å². The highest BCUT2D eigenvalue weighted by molar-refractivity contribution is 7.95. The molecule has 0 radical (unpaired) electrons. The van der Waals surface area contributed by atoms with Gasteiger partial charge < -0.3 is 9.47 Å². The Morgan fingerprint density at radius 1 is 0.500 bits per heavy atom. The SMILES string of the molecule is CC[P+](c1ccccc1)(c1ccccc1)c1ccccc1-c1ccc(OCCCOc2ccccc2)cc1. The molecule has 0 aromatic heterocycles. The van der Waals surface area contributed by atoms with E-state index in [1.165, 1.54) is 27.0 Å². The third-order valence-corrected chi connectivity index (χ3v) is 11.4. The van der Waals surface area contributed by atoms with Crippen molar-refractivity contribution >= 4 is 23.2 Å². The third kappa shape index (κ3) is 5.67. The predicted molar refractivity (Wildman–Crippen MR) is 163 cm³/mol. The van der Waals surface area contributed by atoms with E-state index in [1.807, 2.05) is 30.3 Å². The Bertz CT molecular complexity index is 1360. The average molecular weight is 518 g/mol. The Morgan fingerprint density at radius 3 is 1.53 bits per heavy atom. The molecule has 0 saturated heterocycles. The van der Waals surface area contributed by atoms with E-state index in [2.05, 4.69) is 116 Å². The highest BCUT2D eigenvalue weighted by atomic mass is 31.2. The number of benzene rings is 5. The number of rotatable bonds is 11. The lowest BCUT2D eigenvalue weighted by molar-refractivity contribution is 0.247. The van der Waals surface area contributed by atoms with Gasteiger partial charge in [0.25, 0.3) is 0 Å². The fourth-order valence-electron chi connectivity index (χ4n) is 5.06. The maximum Gasteiger partial charge on any atom is 0.119 e. The van der Waals surface area contributed by atoms with E-state index in [0.717, 1.165) is 24.1 Å². The van der Waals surface area contributed by atoms with Crippen molar-refractivity contribution in [2.75, 3.05) is 19.4 Å². The minimum absolute atomic E-state index is 0.620. The molecule has 0 saturated carbocycles. The van der Waals surface area contributed by atoms with Gasteiger partial charge in [-0.15, -0.1) is 0 Å². The molecule has 3 heteroatoms. The summed E-state index contributed by atoms with van der Waals surface area (Å²) >= 11 is 0. The fraction of sp³-hybridized carbons (Fsp3) is 0.143. The van der Waals surface area contributed by atoms with Gasteiger partial charge in [-0.2, -0.15) is 0 Å². The van der Waals surface area contributed by atoms with Gasteiger partial charge in [-0.25, -0.2) is 0 Å². The van der Waals surface area contributed by atoms with Gasteiger partial charge in [0.2, 0.25) is 0 Å². The molecule has 0 N–H and O–H groups in total. The van der Waals surface area contributed by atoms with Crippen molar-refractivity contribution in [2.45, 2.75) is 13.3 Å². The quantitative estimate of drug-likeness (QED) is 0.133. The van der Waals surface area contributed by atoms with Crippen LogP contribution in [-0.4, -0.2) is 19.4 Å². The Morgan fingerprint density at radius 2 is 0.974 bits per heavy atom. The summed E-state index contributed by atoms with van der Waals surface area (Å²) < 4.78 is 11.8. The summed E-state index contributed by atoms with van der Waals surface area (Å²) in [4.78, 5) is 0. The first-order chi connectivity index (χ1) is 18.8. The Kier molecular flexibility index (Phi) is 8.53. The lowest BCUT2D eigenvalue weighted by atomic mass is 10.1. The second-order valence-corrected chi connectivity index (χ2v) is 13.0. The summed E-state index contributed by atoms with van der Waals surface area (Å²) in [6, 6.07) is 49.5. The van der Waals surface area contributed by atoms with E-state index >= 15 is 0 Å². The predicted octanol–water partition coefficient (Wildman–Crippen LogP) is 7.52. The van der Waals surface area contributed by atoms with Crippen LogP contribution in [-0.2, 0) is 0 Å². The Labute approximate surface area is 227 Å². The van der Waals surface area contributed by atoms with Gasteiger partial charge in [0.1, 0.15) is 34.7 Å². The van der Waals surface area contributed by atoms with Crippen LogP contribution >= 0.6 is 7.26 Å². The molecule has 0 bridgehead atoms. The van der Waals surface area contributed by atoms with Gasteiger partial charge in [-0.05, 0) is 67.1 Å². The molecule has 0 aliphatic rings. The first-order valence-electron chi connectivity index (χ1n) is 13.3. The van der Waals surface area contributed by atoms with E-state index in [4.69, 9.17) is 9.47 Å². The zero-order valence-electron chi connectivity index (χ0n) is 21.9. The Hall–Kier alpha value is -3.87. The maximum atomic E-state index is 6.02. The van der Waals surface area contributed by atoms with Gasteiger partial charge >= 0.3 is 0 Å². The first-order valence-corrected chi connectivity index (χ1v) is 15.3. The van der Waals surface area contributed by atoms with Crippen LogP contribution in [0.1, 0.15) is 13.3 Å². The first kappa shape index (κ1) is 25.8. The molecular formula is C35H34O2P+. The zero-order chi connectivity index (χ0) is 26.0. The minimum Gasteiger partial charge on any atom is -0.493 e. The summed E-state index contributed by atoms with van der Waals surface area (Å²) in [5.41, 5.74) is 2.50. The van der Waals surface area contributed by atoms with Crippen LogP contribution in [0.25, 0.3) is 11.1 Å². The monoisotopic (exact) mass is 517 g/mol. The molecule has 0 aliphatic heterocycles. The van der Waals surface area contributed by atoms with E-state index in [9.17, 15) is 0 Å². The van der Waals surface area contributed by atoms with Crippen molar-refractivity contribution in [3.63, 3.8) is 0 Å². The summed E-state index contributed by atoms with van der Waals surface area (Å²) in [5.74, 6) is 1.78. The molecule has 0 heterocycles. The molecule has 0 amide bonds. The van der Waals surface area contributed by atoms with E-state index in [-0.39, 0.29) is 0 Å². The molecule has 38 heavy (non-hydrogen) atoms. The molecule has 0 unspecified atom stereocenters. The van der Waals surface area contributed by atoms with Gasteiger partial charge in [-0.3, -0.25) is 0 Å². The number of ether oxygens (including phenoxy) is 2. The molecule has 5 rings (SSSR count). The van der Waals surface area contributed by atoms with Gasteiger partial charge in [0.15, 0.2) is 0 Å². The number of hydrogen-bond acceptors (Lipinski definition) is 2. The molecule has 0 aliphatic carbocycles. The second-order valence-electron chi connectivity index (χ2n) is 9.20. The molecule has 2 nitrogen and oxygen atoms in total. The number of hydrogen-bond donors (Lipinski definition) is 0. The lowest BCUT2D eigenvalue weighted by Gasteiger charge is -2.28. The molecule has 190 valence electrons. The summed E-state index contributed by atoms with van der Waals surface area (Å²) in [6.07, 6.45) is 1.89. The van der Waals surface area contributed by atoms with Crippen LogP contribution < -0.4 is 25.4 Å². The number of para-hydroxylation sites is 1. The topological polar surface area (TPSA) is 18.5 Å². The zero-order valence-corrected chi connectivity index (χ0v) is 22.8. The lowest BCUT2D eigenvalue weighted by Crippen LogP contribution is -2.33. The molecule has 0 atom stereocenters. The minimum atomic E-state index is -1.85. The van der Waals surface area contributed by atoms with Crippen LogP contribution in [0, 0.1) is 0 Å². The molecule has 5 aromatic rings. The van der Waals surface area contributed by atoms with Crippen molar-refractivity contribution in [2.24, 2.45) is 0 Å². The summed E-state index contributed by atoms with van der Waals surface area (Å²) in [5, 5.41) is 4.25. The normalized spacial score (nSPS) is 11.2. The van der Waals surface area contributed by atoms with E-state index in [0.29, 0.717) is 13.2 Å². The smallest absolute Gasteiger partial charge is 0.119 e. The third-order valence-electron chi connectivity index (χ3n) is 6.92. The van der Waals surface area contributed by atoms with Crippen molar-refractivity contribution in [3.8, 4) is 22.6 Å². The standard InChI is InChI=1S/C35H34O2P/c1-2-38(32-17-8-4-9-18-32,33-19-10-5-11-20-33)35-22-13-12-21-34(35)29-23-25-31(26-24-29)37-28-14-27-36-30-15-6-3-7-16-30/h3-13,15-26H,2,14,27-28H2,1H3/q+1. The highest BCUT2D eigenvalue weighted by Gasteiger charge is 2.45.